The molecule has 0 radical (unpaired) electrons. The first-order chi connectivity index (χ1) is 14.0. The van der Waals surface area contributed by atoms with Gasteiger partial charge in [0, 0.05) is 27.8 Å². The molecule has 0 atom stereocenters. The van der Waals surface area contributed by atoms with Crippen molar-refractivity contribution in [2.24, 2.45) is 5.10 Å². The zero-order chi connectivity index (χ0) is 20.4. The van der Waals surface area contributed by atoms with Gasteiger partial charge < -0.3 is 4.42 Å². The number of non-ortho nitro benzene ring substituents is 1. The summed E-state index contributed by atoms with van der Waals surface area (Å²) in [5.74, 6) is 0.191. The largest absolute Gasteiger partial charge is 0.455 e. The van der Waals surface area contributed by atoms with Crippen LogP contribution < -0.4 is 5.43 Å². The molecule has 1 amide bonds. The van der Waals surface area contributed by atoms with E-state index in [4.69, 9.17) is 4.42 Å². The number of thiophene rings is 1. The number of benzene rings is 2. The van der Waals surface area contributed by atoms with Crippen LogP contribution in [0.25, 0.3) is 21.4 Å². The zero-order valence-electron chi connectivity index (χ0n) is 14.7. The van der Waals surface area contributed by atoms with Gasteiger partial charge in [-0.2, -0.15) is 5.10 Å². The lowest BCUT2D eigenvalue weighted by atomic mass is 10.2. The number of nitrogens with zero attached hydrogens (tertiary/aromatic N) is 2. The van der Waals surface area contributed by atoms with Crippen LogP contribution in [0.1, 0.15) is 15.4 Å². The molecule has 0 bridgehead atoms. The number of carbonyl (C=O) groups excluding carboxylic acids is 1. The molecular weight excluding hydrogens is 397 g/mol. The van der Waals surface area contributed by atoms with Crippen LogP contribution in [0, 0.1) is 15.9 Å². The van der Waals surface area contributed by atoms with E-state index in [0.717, 1.165) is 10.3 Å². The average molecular weight is 409 g/mol. The highest BCUT2D eigenvalue weighted by Crippen LogP contribution is 2.29. The molecule has 2 aromatic heterocycles. The van der Waals surface area contributed by atoms with Crippen molar-refractivity contribution < 1.29 is 18.5 Å². The van der Waals surface area contributed by atoms with Gasteiger partial charge >= 0.3 is 0 Å². The summed E-state index contributed by atoms with van der Waals surface area (Å²) in [7, 11) is 0. The molecule has 0 saturated carbocycles. The van der Waals surface area contributed by atoms with Crippen molar-refractivity contribution in [1.29, 1.82) is 0 Å². The quantitative estimate of drug-likeness (QED) is 0.286. The molecule has 0 fully saturated rings. The molecule has 4 aromatic rings. The van der Waals surface area contributed by atoms with E-state index in [1.807, 2.05) is 0 Å². The van der Waals surface area contributed by atoms with E-state index >= 15 is 0 Å². The Labute approximate surface area is 167 Å². The van der Waals surface area contributed by atoms with Crippen LogP contribution in [0.5, 0.6) is 0 Å². The minimum absolute atomic E-state index is 0.0324. The van der Waals surface area contributed by atoms with Crippen LogP contribution in [0.3, 0.4) is 0 Å². The molecule has 2 aromatic carbocycles. The number of hydrogen-bond donors (Lipinski definition) is 1. The van der Waals surface area contributed by atoms with Crippen molar-refractivity contribution in [3.8, 4) is 11.3 Å². The maximum atomic E-state index is 13.0. The van der Waals surface area contributed by atoms with Crippen molar-refractivity contribution in [1.82, 2.24) is 5.43 Å². The number of hydrogen-bond acceptors (Lipinski definition) is 6. The van der Waals surface area contributed by atoms with Crippen molar-refractivity contribution in [2.75, 3.05) is 0 Å². The second kappa shape index (κ2) is 7.64. The number of nitro groups is 1. The van der Waals surface area contributed by atoms with Crippen LogP contribution in [-0.2, 0) is 0 Å². The van der Waals surface area contributed by atoms with Gasteiger partial charge in [0.2, 0.25) is 0 Å². The molecule has 144 valence electrons. The maximum absolute atomic E-state index is 13.0. The molecule has 29 heavy (non-hydrogen) atoms. The smallest absolute Gasteiger partial charge is 0.281 e. The van der Waals surface area contributed by atoms with E-state index in [1.54, 1.807) is 36.4 Å². The lowest BCUT2D eigenvalue weighted by Gasteiger charge is -1.96. The Morgan fingerprint density at radius 2 is 1.93 bits per heavy atom. The number of rotatable bonds is 5. The first-order valence-electron chi connectivity index (χ1n) is 8.37. The maximum Gasteiger partial charge on any atom is 0.281 e. The Morgan fingerprint density at radius 3 is 2.69 bits per heavy atom. The third-order valence-corrected chi connectivity index (χ3v) is 5.16. The van der Waals surface area contributed by atoms with Gasteiger partial charge in [0.1, 0.15) is 17.3 Å². The summed E-state index contributed by atoms with van der Waals surface area (Å²) in [6, 6.07) is 15.3. The second-order valence-corrected chi connectivity index (χ2v) is 7.08. The molecule has 0 aliphatic rings. The molecule has 2 heterocycles. The molecule has 0 aliphatic carbocycles. The molecule has 9 heteroatoms. The van der Waals surface area contributed by atoms with Crippen LogP contribution in [0.15, 0.2) is 70.2 Å². The molecule has 0 aliphatic heterocycles. The van der Waals surface area contributed by atoms with Gasteiger partial charge in [0.05, 0.1) is 16.0 Å². The predicted molar refractivity (Wildman–Crippen MR) is 108 cm³/mol. The van der Waals surface area contributed by atoms with Gasteiger partial charge in [-0.05, 0) is 48.5 Å². The predicted octanol–water partition coefficient (Wildman–Crippen LogP) is 4.97. The summed E-state index contributed by atoms with van der Waals surface area (Å²) >= 11 is 1.21. The number of nitro benzene ring substituents is 1. The third kappa shape index (κ3) is 4.04. The number of amides is 1. The van der Waals surface area contributed by atoms with Gasteiger partial charge in [-0.3, -0.25) is 14.9 Å². The summed E-state index contributed by atoms with van der Waals surface area (Å²) in [5, 5.41) is 15.3. The van der Waals surface area contributed by atoms with Crippen molar-refractivity contribution in [3.05, 3.63) is 87.2 Å². The lowest BCUT2D eigenvalue weighted by molar-refractivity contribution is -0.384. The summed E-state index contributed by atoms with van der Waals surface area (Å²) in [6.45, 7) is 0. The molecule has 4 rings (SSSR count). The van der Waals surface area contributed by atoms with E-state index in [-0.39, 0.29) is 11.5 Å². The Morgan fingerprint density at radius 1 is 1.14 bits per heavy atom. The van der Waals surface area contributed by atoms with Gasteiger partial charge in [-0.25, -0.2) is 9.82 Å². The van der Waals surface area contributed by atoms with Crippen LogP contribution >= 0.6 is 11.3 Å². The minimum atomic E-state index is -0.481. The first-order valence-corrected chi connectivity index (χ1v) is 9.18. The topological polar surface area (TPSA) is 97.7 Å². The SMILES string of the molecule is O=C(NN=Cc1ccc(-c2ccc(F)cc2)o1)c1cc2cc([N+](=O)[O-])ccc2s1. The second-order valence-electron chi connectivity index (χ2n) is 6.00. The van der Waals surface area contributed by atoms with E-state index in [9.17, 15) is 19.3 Å². The number of halogens is 1. The number of fused-ring (bicyclic) bond motifs is 1. The standard InChI is InChI=1S/C20H12FN3O4S/c21-14-3-1-12(2-4-14)17-7-6-16(28-17)11-22-23-20(25)19-10-13-9-15(24(26)27)5-8-18(13)29-19/h1-11H,(H,23,25). The van der Waals surface area contributed by atoms with Crippen molar-refractivity contribution in [3.63, 3.8) is 0 Å². The Bertz CT molecular complexity index is 1240. The Balaban J connectivity index is 1.44. The Kier molecular flexibility index (Phi) is 4.88. The highest BCUT2D eigenvalue weighted by atomic mass is 32.1. The minimum Gasteiger partial charge on any atom is -0.455 e. The average Bonchev–Trinajstić information content (AvgIpc) is 3.35. The van der Waals surface area contributed by atoms with Crippen molar-refractivity contribution >= 4 is 39.2 Å². The lowest BCUT2D eigenvalue weighted by Crippen LogP contribution is -2.15. The highest BCUT2D eigenvalue weighted by Gasteiger charge is 2.13. The molecular formula is C20H12FN3O4S. The summed E-state index contributed by atoms with van der Waals surface area (Å²) in [4.78, 5) is 23.0. The van der Waals surface area contributed by atoms with E-state index in [0.29, 0.717) is 21.8 Å². The van der Waals surface area contributed by atoms with Gasteiger partial charge in [-0.1, -0.05) is 0 Å². The van der Waals surface area contributed by atoms with Gasteiger partial charge in [0.15, 0.2) is 0 Å². The monoisotopic (exact) mass is 409 g/mol. The van der Waals surface area contributed by atoms with Crippen LogP contribution in [-0.4, -0.2) is 17.0 Å². The normalized spacial score (nSPS) is 11.2. The molecule has 0 spiro atoms. The number of nitrogens with one attached hydrogen (secondary N) is 1. The van der Waals surface area contributed by atoms with Crippen LogP contribution in [0.4, 0.5) is 10.1 Å². The molecule has 7 nitrogen and oxygen atoms in total. The zero-order valence-corrected chi connectivity index (χ0v) is 15.5. The first kappa shape index (κ1) is 18.5. The fourth-order valence-corrected chi connectivity index (χ4v) is 3.59. The van der Waals surface area contributed by atoms with E-state index in [1.165, 1.54) is 41.8 Å². The number of furan rings is 1. The summed E-state index contributed by atoms with van der Waals surface area (Å²) in [6.07, 6.45) is 1.35. The Hall–Kier alpha value is -3.85. The molecule has 0 saturated heterocycles. The fraction of sp³-hybridized carbons (Fsp3) is 0. The van der Waals surface area contributed by atoms with E-state index < -0.39 is 10.8 Å². The highest BCUT2D eigenvalue weighted by molar-refractivity contribution is 7.20. The third-order valence-electron chi connectivity index (χ3n) is 4.05. The number of hydrazone groups is 1. The van der Waals surface area contributed by atoms with Crippen molar-refractivity contribution in [2.45, 2.75) is 0 Å². The van der Waals surface area contributed by atoms with Crippen LogP contribution in [0.2, 0.25) is 0 Å². The summed E-state index contributed by atoms with van der Waals surface area (Å²) < 4.78 is 19.4. The van der Waals surface area contributed by atoms with E-state index in [2.05, 4.69) is 10.5 Å². The van der Waals surface area contributed by atoms with Gasteiger partial charge in [-0.15, -0.1) is 11.3 Å². The number of carbonyl (C=O) groups is 1. The molecule has 1 N–H and O–H groups in total. The fourth-order valence-electron chi connectivity index (χ4n) is 2.66. The van der Waals surface area contributed by atoms with Gasteiger partial charge in [0.25, 0.3) is 11.6 Å². The molecule has 0 unspecified atom stereocenters. The summed E-state index contributed by atoms with van der Waals surface area (Å²) in [5.41, 5.74) is 3.08.